The van der Waals surface area contributed by atoms with Crippen molar-refractivity contribution in [3.05, 3.63) is 17.5 Å². The molecular weight excluding hydrogens is 208 g/mol. The summed E-state index contributed by atoms with van der Waals surface area (Å²) in [6, 6.07) is 1.55. The third-order valence-electron chi connectivity index (χ3n) is 2.32. The number of nitrogens with zero attached hydrogens (tertiary/aromatic N) is 1. The van der Waals surface area contributed by atoms with E-state index in [0.29, 0.717) is 5.76 Å². The smallest absolute Gasteiger partial charge is 0.273 e. The van der Waals surface area contributed by atoms with Gasteiger partial charge in [0.25, 0.3) is 5.91 Å². The highest BCUT2D eigenvalue weighted by Crippen LogP contribution is 2.18. The summed E-state index contributed by atoms with van der Waals surface area (Å²) >= 11 is 0. The molecule has 1 aromatic rings. The third-order valence-corrected chi connectivity index (χ3v) is 2.32. The zero-order valence-electron chi connectivity index (χ0n) is 10.1. The minimum absolute atomic E-state index is 0.203. The van der Waals surface area contributed by atoms with Crippen LogP contribution in [-0.4, -0.2) is 28.8 Å². The monoisotopic (exact) mass is 226 g/mol. The average Bonchev–Trinajstić information content (AvgIpc) is 2.59. The molecule has 0 fully saturated rings. The fraction of sp³-hybridized carbons (Fsp3) is 0.636. The number of rotatable bonds is 3. The molecule has 1 rings (SSSR count). The van der Waals surface area contributed by atoms with Crippen molar-refractivity contribution in [3.63, 3.8) is 0 Å². The molecule has 0 saturated heterocycles. The summed E-state index contributed by atoms with van der Waals surface area (Å²) in [5.41, 5.74) is -0.0221. The van der Waals surface area contributed by atoms with E-state index in [-0.39, 0.29) is 23.6 Å². The zero-order chi connectivity index (χ0) is 12.3. The van der Waals surface area contributed by atoms with Crippen molar-refractivity contribution < 1.29 is 14.4 Å². The number of nitrogens with one attached hydrogen (secondary N) is 1. The van der Waals surface area contributed by atoms with Crippen LogP contribution in [0.3, 0.4) is 0 Å². The SMILES string of the molecule is Cc1cc(C(=O)NCC(O)C(C)(C)C)no1. The molecule has 1 heterocycles. The molecule has 0 radical (unpaired) electrons. The lowest BCUT2D eigenvalue weighted by molar-refractivity contribution is 0.0584. The van der Waals surface area contributed by atoms with Crippen LogP contribution in [0.4, 0.5) is 0 Å². The maximum atomic E-state index is 11.5. The van der Waals surface area contributed by atoms with Gasteiger partial charge in [0.2, 0.25) is 0 Å². The van der Waals surface area contributed by atoms with Crippen LogP contribution in [0.2, 0.25) is 0 Å². The Bertz CT molecular complexity index is 366. The molecule has 0 bridgehead atoms. The minimum Gasteiger partial charge on any atom is -0.391 e. The molecule has 1 amide bonds. The van der Waals surface area contributed by atoms with E-state index in [1.165, 1.54) is 0 Å². The summed E-state index contributed by atoms with van der Waals surface area (Å²) in [5, 5.41) is 15.9. The first-order chi connectivity index (χ1) is 7.30. The van der Waals surface area contributed by atoms with E-state index in [9.17, 15) is 9.90 Å². The number of aryl methyl sites for hydroxylation is 1. The molecule has 16 heavy (non-hydrogen) atoms. The van der Waals surface area contributed by atoms with Gasteiger partial charge in [0.1, 0.15) is 5.76 Å². The van der Waals surface area contributed by atoms with Gasteiger partial charge in [-0.3, -0.25) is 4.79 Å². The molecule has 0 aromatic carbocycles. The van der Waals surface area contributed by atoms with Crippen LogP contribution < -0.4 is 5.32 Å². The molecule has 5 heteroatoms. The van der Waals surface area contributed by atoms with Crippen molar-refractivity contribution >= 4 is 5.91 Å². The Hall–Kier alpha value is -1.36. The Morgan fingerprint density at radius 3 is 2.69 bits per heavy atom. The molecule has 1 unspecified atom stereocenters. The van der Waals surface area contributed by atoms with Gasteiger partial charge in [-0.05, 0) is 12.3 Å². The van der Waals surface area contributed by atoms with Gasteiger partial charge < -0.3 is 14.9 Å². The molecule has 2 N–H and O–H groups in total. The standard InChI is InChI=1S/C11H18N2O3/c1-7-5-8(13-16-7)10(15)12-6-9(14)11(2,3)4/h5,9,14H,6H2,1-4H3,(H,12,15). The van der Waals surface area contributed by atoms with E-state index in [2.05, 4.69) is 10.5 Å². The molecule has 0 aliphatic rings. The van der Waals surface area contributed by atoms with Crippen molar-refractivity contribution in [3.8, 4) is 0 Å². The highest BCUT2D eigenvalue weighted by atomic mass is 16.5. The molecule has 0 spiro atoms. The van der Waals surface area contributed by atoms with Crippen molar-refractivity contribution in [2.45, 2.75) is 33.8 Å². The van der Waals surface area contributed by atoms with Gasteiger partial charge >= 0.3 is 0 Å². The number of hydrogen-bond donors (Lipinski definition) is 2. The van der Waals surface area contributed by atoms with Crippen LogP contribution in [0.25, 0.3) is 0 Å². The van der Waals surface area contributed by atoms with Crippen LogP contribution in [0.1, 0.15) is 37.0 Å². The lowest BCUT2D eigenvalue weighted by Crippen LogP contribution is -2.39. The lowest BCUT2D eigenvalue weighted by Gasteiger charge is -2.25. The molecular formula is C11H18N2O3. The summed E-state index contributed by atoms with van der Waals surface area (Å²) in [5.74, 6) is 0.252. The normalized spacial score (nSPS) is 13.6. The van der Waals surface area contributed by atoms with Crippen LogP contribution in [0.15, 0.2) is 10.6 Å². The second-order valence-electron chi connectivity index (χ2n) is 4.91. The lowest BCUT2D eigenvalue weighted by atomic mass is 9.89. The van der Waals surface area contributed by atoms with Gasteiger partial charge in [-0.25, -0.2) is 0 Å². The second kappa shape index (κ2) is 4.65. The van der Waals surface area contributed by atoms with Gasteiger partial charge in [0.15, 0.2) is 5.69 Å². The Morgan fingerprint density at radius 2 is 2.25 bits per heavy atom. The molecule has 0 aliphatic carbocycles. The molecule has 90 valence electrons. The predicted molar refractivity (Wildman–Crippen MR) is 59.0 cm³/mol. The summed E-state index contributed by atoms with van der Waals surface area (Å²) in [7, 11) is 0. The number of carbonyl (C=O) groups excluding carboxylic acids is 1. The quantitative estimate of drug-likeness (QED) is 0.809. The molecule has 1 atom stereocenters. The van der Waals surface area contributed by atoms with Gasteiger partial charge in [-0.15, -0.1) is 0 Å². The predicted octanol–water partition coefficient (Wildman–Crippen LogP) is 1.12. The second-order valence-corrected chi connectivity index (χ2v) is 4.91. The van der Waals surface area contributed by atoms with Gasteiger partial charge in [-0.1, -0.05) is 25.9 Å². The van der Waals surface area contributed by atoms with E-state index in [1.54, 1.807) is 13.0 Å². The summed E-state index contributed by atoms with van der Waals surface area (Å²) in [4.78, 5) is 11.5. The van der Waals surface area contributed by atoms with Crippen molar-refractivity contribution in [2.75, 3.05) is 6.54 Å². The van der Waals surface area contributed by atoms with Gasteiger partial charge in [0.05, 0.1) is 6.10 Å². The summed E-state index contributed by atoms with van der Waals surface area (Å²) in [6.07, 6.45) is -0.593. The first-order valence-corrected chi connectivity index (χ1v) is 5.20. The first kappa shape index (κ1) is 12.7. The Kier molecular flexibility index (Phi) is 3.70. The van der Waals surface area contributed by atoms with Crippen LogP contribution >= 0.6 is 0 Å². The van der Waals surface area contributed by atoms with Crippen LogP contribution in [0.5, 0.6) is 0 Å². The minimum atomic E-state index is -0.593. The Balaban J connectivity index is 2.48. The third kappa shape index (κ3) is 3.34. The van der Waals surface area contributed by atoms with E-state index >= 15 is 0 Å². The maximum absolute atomic E-state index is 11.5. The number of carbonyl (C=O) groups is 1. The number of aliphatic hydroxyl groups excluding tert-OH is 1. The Labute approximate surface area is 94.8 Å². The number of aliphatic hydroxyl groups is 1. The van der Waals surface area contributed by atoms with E-state index in [0.717, 1.165) is 0 Å². The molecule has 5 nitrogen and oxygen atoms in total. The highest BCUT2D eigenvalue weighted by molar-refractivity contribution is 5.92. The van der Waals surface area contributed by atoms with Crippen molar-refractivity contribution in [2.24, 2.45) is 5.41 Å². The van der Waals surface area contributed by atoms with Crippen LogP contribution in [-0.2, 0) is 0 Å². The summed E-state index contributed by atoms with van der Waals surface area (Å²) in [6.45, 7) is 7.64. The van der Waals surface area contributed by atoms with Gasteiger partial charge in [0, 0.05) is 12.6 Å². The molecule has 1 aromatic heterocycles. The highest BCUT2D eigenvalue weighted by Gasteiger charge is 2.23. The van der Waals surface area contributed by atoms with Crippen molar-refractivity contribution in [1.82, 2.24) is 10.5 Å². The number of amides is 1. The average molecular weight is 226 g/mol. The number of hydrogen-bond acceptors (Lipinski definition) is 4. The van der Waals surface area contributed by atoms with Gasteiger partial charge in [-0.2, -0.15) is 0 Å². The first-order valence-electron chi connectivity index (χ1n) is 5.20. The fourth-order valence-electron chi connectivity index (χ4n) is 1.06. The fourth-order valence-corrected chi connectivity index (χ4v) is 1.06. The number of aromatic nitrogens is 1. The largest absolute Gasteiger partial charge is 0.391 e. The van der Waals surface area contributed by atoms with Crippen LogP contribution in [0, 0.1) is 12.3 Å². The van der Waals surface area contributed by atoms with E-state index < -0.39 is 6.10 Å². The maximum Gasteiger partial charge on any atom is 0.273 e. The molecule has 0 saturated carbocycles. The van der Waals surface area contributed by atoms with E-state index in [1.807, 2.05) is 20.8 Å². The molecule has 0 aliphatic heterocycles. The summed E-state index contributed by atoms with van der Waals surface area (Å²) < 4.78 is 4.79. The zero-order valence-corrected chi connectivity index (χ0v) is 10.1. The Morgan fingerprint density at radius 1 is 1.62 bits per heavy atom. The van der Waals surface area contributed by atoms with Crippen molar-refractivity contribution in [1.29, 1.82) is 0 Å². The van der Waals surface area contributed by atoms with E-state index in [4.69, 9.17) is 4.52 Å². The topological polar surface area (TPSA) is 75.4 Å².